The van der Waals surface area contributed by atoms with Gasteiger partial charge in [0.25, 0.3) is 0 Å². The molecule has 0 spiro atoms. The number of hydrogen-bond donors (Lipinski definition) is 1. The van der Waals surface area contributed by atoms with Crippen LogP contribution >= 0.6 is 15.9 Å². The minimum atomic E-state index is 0.587. The highest BCUT2D eigenvalue weighted by Gasteiger charge is 2.17. The van der Waals surface area contributed by atoms with Crippen molar-refractivity contribution < 1.29 is 0 Å². The van der Waals surface area contributed by atoms with E-state index in [-0.39, 0.29) is 0 Å². The third-order valence-electron chi connectivity index (χ3n) is 4.33. The second-order valence-electron chi connectivity index (χ2n) is 6.05. The van der Waals surface area contributed by atoms with Crippen molar-refractivity contribution in [3.05, 3.63) is 28.5 Å². The smallest absolute Gasteiger partial charge is 0.0419 e. The monoisotopic (exact) mass is 338 g/mol. The molecule has 1 unspecified atom stereocenters. The summed E-state index contributed by atoms with van der Waals surface area (Å²) >= 11 is 3.45. The van der Waals surface area contributed by atoms with E-state index in [4.69, 9.17) is 0 Å². The molecule has 2 nitrogen and oxygen atoms in total. The summed E-state index contributed by atoms with van der Waals surface area (Å²) in [6, 6.07) is 4.82. The highest BCUT2D eigenvalue weighted by Crippen LogP contribution is 2.29. The molecule has 112 valence electrons. The number of nitrogens with zero attached hydrogens (tertiary/aromatic N) is 1. The Morgan fingerprint density at radius 2 is 2.15 bits per heavy atom. The highest BCUT2D eigenvalue weighted by atomic mass is 79.9. The van der Waals surface area contributed by atoms with Crippen molar-refractivity contribution >= 4 is 15.9 Å². The summed E-state index contributed by atoms with van der Waals surface area (Å²) in [6.45, 7) is 3.35. The van der Waals surface area contributed by atoms with Crippen LogP contribution in [0.25, 0.3) is 0 Å². The lowest BCUT2D eigenvalue weighted by molar-refractivity contribution is 0.400. The summed E-state index contributed by atoms with van der Waals surface area (Å²) in [6.07, 6.45) is 12.7. The Balaban J connectivity index is 1.83. The summed E-state index contributed by atoms with van der Waals surface area (Å²) in [4.78, 5) is 4.52. The second kappa shape index (κ2) is 8.78. The standard InChI is InChI=1S/C17H27BrN2/c1-2-11-19-16(9-7-14-5-3-4-6-14)12-17-10-8-15(18)13-20-17/h8,10,13-14,16,19H,2-7,9,11-12H2,1H3. The molecule has 1 fully saturated rings. The average Bonchev–Trinajstić information content (AvgIpc) is 2.97. The molecule has 0 saturated heterocycles. The second-order valence-corrected chi connectivity index (χ2v) is 6.97. The van der Waals surface area contributed by atoms with E-state index in [0.29, 0.717) is 6.04 Å². The molecule has 1 aliphatic carbocycles. The SMILES string of the molecule is CCCNC(CCC1CCCC1)Cc1ccc(Br)cn1. The van der Waals surface area contributed by atoms with Gasteiger partial charge >= 0.3 is 0 Å². The highest BCUT2D eigenvalue weighted by molar-refractivity contribution is 9.10. The number of aromatic nitrogens is 1. The quantitative estimate of drug-likeness (QED) is 0.741. The molecule has 0 aromatic carbocycles. The van der Waals surface area contributed by atoms with Crippen molar-refractivity contribution in [3.63, 3.8) is 0 Å². The normalized spacial score (nSPS) is 17.5. The van der Waals surface area contributed by atoms with Crippen LogP contribution in [0, 0.1) is 5.92 Å². The van der Waals surface area contributed by atoms with Gasteiger partial charge in [0.05, 0.1) is 0 Å². The van der Waals surface area contributed by atoms with Crippen LogP contribution in [0.15, 0.2) is 22.8 Å². The number of pyridine rings is 1. The van der Waals surface area contributed by atoms with Crippen molar-refractivity contribution in [2.45, 2.75) is 64.3 Å². The van der Waals surface area contributed by atoms with Crippen LogP contribution in [-0.4, -0.2) is 17.6 Å². The van der Waals surface area contributed by atoms with Gasteiger partial charge in [-0.25, -0.2) is 0 Å². The molecule has 1 aliphatic rings. The molecule has 1 aromatic rings. The average molecular weight is 339 g/mol. The van der Waals surface area contributed by atoms with Gasteiger partial charge < -0.3 is 5.32 Å². The summed E-state index contributed by atoms with van der Waals surface area (Å²) in [5.41, 5.74) is 1.20. The molecule has 0 radical (unpaired) electrons. The third-order valence-corrected chi connectivity index (χ3v) is 4.79. The number of nitrogens with one attached hydrogen (secondary N) is 1. The molecule has 1 aromatic heterocycles. The van der Waals surface area contributed by atoms with Gasteiger partial charge in [-0.2, -0.15) is 0 Å². The molecule has 1 atom stereocenters. The molecule has 0 amide bonds. The van der Waals surface area contributed by atoms with E-state index in [1.54, 1.807) is 0 Å². The van der Waals surface area contributed by atoms with Gasteiger partial charge in [0.15, 0.2) is 0 Å². The van der Waals surface area contributed by atoms with Crippen LogP contribution in [0.3, 0.4) is 0 Å². The zero-order chi connectivity index (χ0) is 14.2. The Bertz CT molecular complexity index is 371. The maximum Gasteiger partial charge on any atom is 0.0419 e. The Hall–Kier alpha value is -0.410. The summed E-state index contributed by atoms with van der Waals surface area (Å²) < 4.78 is 1.06. The summed E-state index contributed by atoms with van der Waals surface area (Å²) in [5.74, 6) is 0.985. The van der Waals surface area contributed by atoms with Gasteiger partial charge in [-0.3, -0.25) is 4.98 Å². The number of hydrogen-bond acceptors (Lipinski definition) is 2. The van der Waals surface area contributed by atoms with E-state index >= 15 is 0 Å². The molecule has 1 heterocycles. The Morgan fingerprint density at radius 3 is 2.80 bits per heavy atom. The van der Waals surface area contributed by atoms with E-state index in [1.807, 2.05) is 6.20 Å². The number of rotatable bonds is 8. The van der Waals surface area contributed by atoms with Crippen molar-refractivity contribution in [3.8, 4) is 0 Å². The molecule has 20 heavy (non-hydrogen) atoms. The first-order chi connectivity index (χ1) is 9.78. The van der Waals surface area contributed by atoms with Crippen LogP contribution in [0.5, 0.6) is 0 Å². The fourth-order valence-corrected chi connectivity index (χ4v) is 3.37. The number of halogens is 1. The molecule has 0 bridgehead atoms. The summed E-state index contributed by atoms with van der Waals surface area (Å²) in [7, 11) is 0. The van der Waals surface area contributed by atoms with E-state index in [0.717, 1.165) is 23.4 Å². The van der Waals surface area contributed by atoms with Crippen LogP contribution in [-0.2, 0) is 6.42 Å². The van der Waals surface area contributed by atoms with E-state index in [1.165, 1.54) is 50.6 Å². The van der Waals surface area contributed by atoms with Crippen LogP contribution in [0.2, 0.25) is 0 Å². The molecule has 3 heteroatoms. The van der Waals surface area contributed by atoms with Gasteiger partial charge in [-0.05, 0) is 59.8 Å². The van der Waals surface area contributed by atoms with Gasteiger partial charge in [-0.1, -0.05) is 32.6 Å². The van der Waals surface area contributed by atoms with Crippen molar-refractivity contribution in [1.29, 1.82) is 0 Å². The van der Waals surface area contributed by atoms with Gasteiger partial charge in [0, 0.05) is 28.8 Å². The first-order valence-electron chi connectivity index (χ1n) is 8.11. The Kier molecular flexibility index (Phi) is 7.01. The summed E-state index contributed by atoms with van der Waals surface area (Å²) in [5, 5.41) is 3.70. The van der Waals surface area contributed by atoms with Gasteiger partial charge in [-0.15, -0.1) is 0 Å². The maximum absolute atomic E-state index is 4.52. The predicted octanol–water partition coefficient (Wildman–Crippen LogP) is 4.73. The molecule has 1 saturated carbocycles. The van der Waals surface area contributed by atoms with Gasteiger partial charge in [0.2, 0.25) is 0 Å². The minimum absolute atomic E-state index is 0.587. The maximum atomic E-state index is 4.52. The fourth-order valence-electron chi connectivity index (χ4n) is 3.14. The first kappa shape index (κ1) is 16.0. The topological polar surface area (TPSA) is 24.9 Å². The molecular weight excluding hydrogens is 312 g/mol. The molecule has 0 aliphatic heterocycles. The fraction of sp³-hybridized carbons (Fsp3) is 0.706. The molecule has 1 N–H and O–H groups in total. The van der Waals surface area contributed by atoms with Crippen LogP contribution in [0.1, 0.15) is 57.6 Å². The van der Waals surface area contributed by atoms with Gasteiger partial charge in [0.1, 0.15) is 0 Å². The first-order valence-corrected chi connectivity index (χ1v) is 8.91. The minimum Gasteiger partial charge on any atom is -0.314 e. The lowest BCUT2D eigenvalue weighted by Gasteiger charge is -2.20. The largest absolute Gasteiger partial charge is 0.314 e. The van der Waals surface area contributed by atoms with Crippen LogP contribution < -0.4 is 5.32 Å². The van der Waals surface area contributed by atoms with E-state index in [9.17, 15) is 0 Å². The molecule has 2 rings (SSSR count). The van der Waals surface area contributed by atoms with Crippen molar-refractivity contribution in [2.75, 3.05) is 6.54 Å². The predicted molar refractivity (Wildman–Crippen MR) is 88.9 cm³/mol. The zero-order valence-electron chi connectivity index (χ0n) is 12.6. The lowest BCUT2D eigenvalue weighted by Crippen LogP contribution is -2.32. The Labute approximate surface area is 131 Å². The van der Waals surface area contributed by atoms with Crippen LogP contribution in [0.4, 0.5) is 0 Å². The van der Waals surface area contributed by atoms with E-state index < -0.39 is 0 Å². The zero-order valence-corrected chi connectivity index (χ0v) is 14.2. The molecular formula is C17H27BrN2. The lowest BCUT2D eigenvalue weighted by atomic mass is 9.96. The van der Waals surface area contributed by atoms with Crippen molar-refractivity contribution in [1.82, 2.24) is 10.3 Å². The van der Waals surface area contributed by atoms with E-state index in [2.05, 4.69) is 45.3 Å². The third kappa shape index (κ3) is 5.53. The Morgan fingerprint density at radius 1 is 1.35 bits per heavy atom. The van der Waals surface area contributed by atoms with Crippen molar-refractivity contribution in [2.24, 2.45) is 5.92 Å².